The predicted octanol–water partition coefficient (Wildman–Crippen LogP) is 2.22. The lowest BCUT2D eigenvalue weighted by Gasteiger charge is -2.35. The molecule has 0 N–H and O–H groups in total. The number of carbonyl (C=O) groups excluding carboxylic acids is 2. The molecule has 0 spiro atoms. The maximum Gasteiger partial charge on any atom is 0.410 e. The smallest absolute Gasteiger partial charge is 0.410 e. The topological polar surface area (TPSA) is 53.1 Å². The lowest BCUT2D eigenvalue weighted by Crippen LogP contribution is -2.53. The molecule has 3 aliphatic heterocycles. The second kappa shape index (κ2) is 6.16. The van der Waals surface area contributed by atoms with Gasteiger partial charge < -0.3 is 14.5 Å². The number of ether oxygens (including phenoxy) is 1. The lowest BCUT2D eigenvalue weighted by atomic mass is 10.1. The fraction of sp³-hybridized carbons (Fsp3) is 0.529. The van der Waals surface area contributed by atoms with Crippen LogP contribution in [0.25, 0.3) is 0 Å². The number of fused-ring (bicyclic) bond motifs is 1. The van der Waals surface area contributed by atoms with Gasteiger partial charge in [-0.05, 0) is 31.0 Å². The van der Waals surface area contributed by atoms with Crippen LogP contribution >= 0.6 is 11.6 Å². The van der Waals surface area contributed by atoms with Crippen LogP contribution in [0.1, 0.15) is 23.2 Å². The molecule has 2 amide bonds. The number of amides is 2. The second-order valence-electron chi connectivity index (χ2n) is 6.54. The van der Waals surface area contributed by atoms with Crippen molar-refractivity contribution >= 4 is 29.3 Å². The minimum atomic E-state index is -0.273. The summed E-state index contributed by atoms with van der Waals surface area (Å²) in [6.07, 6.45) is 2.09. The number of carbonyl (C=O) groups is 2. The Morgan fingerprint density at radius 3 is 2.71 bits per heavy atom. The van der Waals surface area contributed by atoms with Crippen molar-refractivity contribution in [3.8, 4) is 0 Å². The molecule has 3 saturated heterocycles. The molecule has 1 aromatic rings. The number of hydrogen-bond acceptors (Lipinski definition) is 4. The zero-order chi connectivity index (χ0) is 16.7. The molecule has 0 aliphatic carbocycles. The van der Waals surface area contributed by atoms with E-state index in [0.717, 1.165) is 18.8 Å². The van der Waals surface area contributed by atoms with Crippen LogP contribution < -0.4 is 4.90 Å². The molecule has 24 heavy (non-hydrogen) atoms. The van der Waals surface area contributed by atoms with Gasteiger partial charge in [0, 0.05) is 38.3 Å². The minimum Gasteiger partial charge on any atom is -0.447 e. The maximum atomic E-state index is 12.8. The first-order valence-corrected chi connectivity index (χ1v) is 8.78. The summed E-state index contributed by atoms with van der Waals surface area (Å²) < 4.78 is 5.05. The average molecular weight is 350 g/mol. The maximum absolute atomic E-state index is 12.8. The number of rotatable bonds is 2. The minimum absolute atomic E-state index is 0.0328. The summed E-state index contributed by atoms with van der Waals surface area (Å²) in [6.45, 7) is 3.95. The molecule has 3 heterocycles. The van der Waals surface area contributed by atoms with Gasteiger partial charge in [-0.25, -0.2) is 4.79 Å². The average Bonchev–Trinajstić information content (AvgIpc) is 3.24. The first kappa shape index (κ1) is 15.6. The number of benzene rings is 1. The summed E-state index contributed by atoms with van der Waals surface area (Å²) >= 11 is 6.42. The van der Waals surface area contributed by atoms with Crippen molar-refractivity contribution < 1.29 is 14.3 Å². The van der Waals surface area contributed by atoms with E-state index in [1.54, 1.807) is 15.9 Å². The number of hydrogen-bond donors (Lipinski definition) is 0. The van der Waals surface area contributed by atoms with Gasteiger partial charge in [0.2, 0.25) is 0 Å². The Morgan fingerprint density at radius 1 is 1.17 bits per heavy atom. The number of nitrogens with zero attached hydrogens (tertiary/aromatic N) is 3. The highest BCUT2D eigenvalue weighted by Gasteiger charge is 2.38. The Morgan fingerprint density at radius 2 is 1.96 bits per heavy atom. The van der Waals surface area contributed by atoms with Crippen molar-refractivity contribution in [2.24, 2.45) is 0 Å². The summed E-state index contributed by atoms with van der Waals surface area (Å²) in [7, 11) is 0. The summed E-state index contributed by atoms with van der Waals surface area (Å²) in [6, 6.07) is 5.53. The van der Waals surface area contributed by atoms with E-state index in [9.17, 15) is 9.59 Å². The summed E-state index contributed by atoms with van der Waals surface area (Å²) in [4.78, 5) is 30.0. The van der Waals surface area contributed by atoms with Crippen molar-refractivity contribution in [2.75, 3.05) is 44.2 Å². The zero-order valence-electron chi connectivity index (χ0n) is 13.4. The molecule has 128 valence electrons. The Hall–Kier alpha value is -1.95. The van der Waals surface area contributed by atoms with E-state index in [4.69, 9.17) is 16.3 Å². The van der Waals surface area contributed by atoms with Gasteiger partial charge in [0.15, 0.2) is 0 Å². The van der Waals surface area contributed by atoms with Crippen LogP contribution in [-0.4, -0.2) is 67.2 Å². The van der Waals surface area contributed by atoms with E-state index in [1.165, 1.54) is 12.8 Å². The van der Waals surface area contributed by atoms with E-state index >= 15 is 0 Å². The normalized spacial score (nSPS) is 23.5. The van der Waals surface area contributed by atoms with E-state index in [-0.39, 0.29) is 18.0 Å². The van der Waals surface area contributed by atoms with Crippen LogP contribution in [0.2, 0.25) is 5.02 Å². The van der Waals surface area contributed by atoms with Gasteiger partial charge in [-0.2, -0.15) is 0 Å². The number of piperazine rings is 1. The first-order valence-electron chi connectivity index (χ1n) is 8.40. The molecular formula is C17H20ClN3O3. The van der Waals surface area contributed by atoms with Crippen molar-refractivity contribution in [3.63, 3.8) is 0 Å². The number of anilines is 1. The van der Waals surface area contributed by atoms with Gasteiger partial charge in [-0.3, -0.25) is 9.69 Å². The molecule has 6 nitrogen and oxygen atoms in total. The molecular weight excluding hydrogens is 330 g/mol. The van der Waals surface area contributed by atoms with Crippen LogP contribution in [0.15, 0.2) is 18.2 Å². The van der Waals surface area contributed by atoms with Crippen LogP contribution in [0.5, 0.6) is 0 Å². The fourth-order valence-corrected chi connectivity index (χ4v) is 4.01. The summed E-state index contributed by atoms with van der Waals surface area (Å²) in [5.41, 5.74) is 1.60. The molecule has 0 aromatic heterocycles. The monoisotopic (exact) mass is 349 g/mol. The summed E-state index contributed by atoms with van der Waals surface area (Å²) in [5.74, 6) is -0.0381. The van der Waals surface area contributed by atoms with Gasteiger partial charge >= 0.3 is 6.09 Å². The molecule has 7 heteroatoms. The molecule has 0 bridgehead atoms. The van der Waals surface area contributed by atoms with Gasteiger partial charge in [0.25, 0.3) is 5.91 Å². The van der Waals surface area contributed by atoms with Crippen LogP contribution in [0, 0.1) is 0 Å². The third kappa shape index (κ3) is 2.69. The molecule has 0 radical (unpaired) electrons. The standard InChI is InChI=1S/C17H20ClN3O3/c18-14-9-12(3-4-15(14)19-5-1-2-6-19)16(22)20-7-8-21-13(10-20)11-24-17(21)23/h3-4,9,13H,1-2,5-8,10-11H2. The van der Waals surface area contributed by atoms with Crippen molar-refractivity contribution in [1.29, 1.82) is 0 Å². The van der Waals surface area contributed by atoms with E-state index in [1.807, 2.05) is 12.1 Å². The molecule has 1 unspecified atom stereocenters. The SMILES string of the molecule is O=C(c1ccc(N2CCCC2)c(Cl)c1)N1CCN2C(=O)OCC2C1. The highest BCUT2D eigenvalue weighted by atomic mass is 35.5. The third-order valence-corrected chi connectivity index (χ3v) is 5.35. The van der Waals surface area contributed by atoms with E-state index < -0.39 is 0 Å². The van der Waals surface area contributed by atoms with Gasteiger partial charge in [-0.15, -0.1) is 0 Å². The van der Waals surface area contributed by atoms with Crippen molar-refractivity contribution in [2.45, 2.75) is 18.9 Å². The van der Waals surface area contributed by atoms with Crippen LogP contribution in [0.4, 0.5) is 10.5 Å². The Balaban J connectivity index is 1.48. The lowest BCUT2D eigenvalue weighted by molar-refractivity contribution is 0.0617. The van der Waals surface area contributed by atoms with Crippen LogP contribution in [-0.2, 0) is 4.74 Å². The van der Waals surface area contributed by atoms with E-state index in [0.29, 0.717) is 36.8 Å². The molecule has 0 saturated carbocycles. The molecule has 3 aliphatic rings. The fourth-order valence-electron chi connectivity index (χ4n) is 3.71. The third-order valence-electron chi connectivity index (χ3n) is 5.05. The van der Waals surface area contributed by atoms with Crippen molar-refractivity contribution in [3.05, 3.63) is 28.8 Å². The Bertz CT molecular complexity index is 675. The van der Waals surface area contributed by atoms with Gasteiger partial charge in [-0.1, -0.05) is 11.6 Å². The van der Waals surface area contributed by atoms with Gasteiger partial charge in [0.05, 0.1) is 16.8 Å². The second-order valence-corrected chi connectivity index (χ2v) is 6.94. The Labute approximate surface area is 145 Å². The highest BCUT2D eigenvalue weighted by molar-refractivity contribution is 6.33. The molecule has 4 rings (SSSR count). The number of halogens is 1. The van der Waals surface area contributed by atoms with Crippen molar-refractivity contribution in [1.82, 2.24) is 9.80 Å². The van der Waals surface area contributed by atoms with Crippen LogP contribution in [0.3, 0.4) is 0 Å². The molecule has 1 aromatic carbocycles. The number of cyclic esters (lactones) is 1. The highest BCUT2D eigenvalue weighted by Crippen LogP contribution is 2.30. The summed E-state index contributed by atoms with van der Waals surface area (Å²) in [5, 5.41) is 0.626. The largest absolute Gasteiger partial charge is 0.447 e. The Kier molecular flexibility index (Phi) is 4.00. The quantitative estimate of drug-likeness (QED) is 0.821. The van der Waals surface area contributed by atoms with E-state index in [2.05, 4.69) is 4.90 Å². The zero-order valence-corrected chi connectivity index (χ0v) is 14.2. The molecule has 3 fully saturated rings. The first-order chi connectivity index (χ1) is 11.6. The molecule has 1 atom stereocenters. The predicted molar refractivity (Wildman–Crippen MR) is 90.6 cm³/mol. The van der Waals surface area contributed by atoms with Gasteiger partial charge in [0.1, 0.15) is 6.61 Å².